The normalized spacial score (nSPS) is 11.6. The highest BCUT2D eigenvalue weighted by atomic mass is 32.2. The molecule has 9 heteroatoms. The molecule has 0 aliphatic carbocycles. The Kier molecular flexibility index (Phi) is 5.95. The van der Waals surface area contributed by atoms with Crippen molar-refractivity contribution in [1.29, 1.82) is 0 Å². The van der Waals surface area contributed by atoms with Gasteiger partial charge in [0.2, 0.25) is 15.9 Å². The number of fused-ring (bicyclic) bond motifs is 1. The van der Waals surface area contributed by atoms with Gasteiger partial charge in [0.1, 0.15) is 11.3 Å². The third-order valence-corrected chi connectivity index (χ3v) is 5.95. The number of benzene rings is 2. The Labute approximate surface area is 173 Å². The highest BCUT2D eigenvalue weighted by Crippen LogP contribution is 2.28. The smallest absolute Gasteiger partial charge is 0.339 e. The zero-order chi connectivity index (χ0) is 22.1. The predicted octanol–water partition coefficient (Wildman–Crippen LogP) is 2.01. The number of nitrogens with one attached hydrogen (secondary N) is 1. The quantitative estimate of drug-likeness (QED) is 0.511. The van der Waals surface area contributed by atoms with E-state index < -0.39 is 15.6 Å². The van der Waals surface area contributed by atoms with Crippen LogP contribution in [0.25, 0.3) is 11.0 Å². The Morgan fingerprint density at radius 1 is 1.10 bits per heavy atom. The van der Waals surface area contributed by atoms with Gasteiger partial charge in [-0.15, -0.1) is 0 Å². The second kappa shape index (κ2) is 8.29. The molecule has 3 rings (SSSR count). The second-order valence-corrected chi connectivity index (χ2v) is 8.61. The molecule has 0 spiro atoms. The number of hydrogen-bond donors (Lipinski definition) is 3. The molecule has 1 amide bonds. The van der Waals surface area contributed by atoms with Gasteiger partial charge in [0, 0.05) is 29.5 Å². The summed E-state index contributed by atoms with van der Waals surface area (Å²) < 4.78 is 27.9. The number of phenolic OH excluding ortho intramolecular Hbond substituents is 1. The average molecular weight is 430 g/mol. The van der Waals surface area contributed by atoms with Crippen molar-refractivity contribution in [2.75, 3.05) is 0 Å². The van der Waals surface area contributed by atoms with Crippen LogP contribution < -0.4 is 16.1 Å². The van der Waals surface area contributed by atoms with Crippen molar-refractivity contribution >= 4 is 26.9 Å². The minimum atomic E-state index is -3.76. The first kappa shape index (κ1) is 21.5. The van der Waals surface area contributed by atoms with Gasteiger partial charge >= 0.3 is 5.63 Å². The summed E-state index contributed by atoms with van der Waals surface area (Å²) in [4.78, 5) is 24.6. The molecule has 0 radical (unpaired) electrons. The zero-order valence-electron chi connectivity index (χ0n) is 16.6. The number of rotatable bonds is 6. The maximum atomic E-state index is 12.4. The molecule has 0 fully saturated rings. The van der Waals surface area contributed by atoms with Gasteiger partial charge in [0.15, 0.2) is 0 Å². The van der Waals surface area contributed by atoms with Gasteiger partial charge in [-0.25, -0.2) is 18.4 Å². The molecule has 0 aliphatic heterocycles. The lowest BCUT2D eigenvalue weighted by molar-refractivity contribution is -0.121. The van der Waals surface area contributed by atoms with Gasteiger partial charge < -0.3 is 14.8 Å². The van der Waals surface area contributed by atoms with Gasteiger partial charge in [-0.05, 0) is 55.7 Å². The van der Waals surface area contributed by atoms with Crippen LogP contribution in [0.15, 0.2) is 50.5 Å². The van der Waals surface area contributed by atoms with Crippen molar-refractivity contribution in [2.45, 2.75) is 38.1 Å². The first-order chi connectivity index (χ1) is 14.1. The molecule has 4 N–H and O–H groups in total. The fourth-order valence-corrected chi connectivity index (χ4v) is 3.71. The van der Waals surface area contributed by atoms with Crippen LogP contribution in [0.1, 0.15) is 28.7 Å². The minimum Gasteiger partial charge on any atom is -0.508 e. The molecule has 0 bridgehead atoms. The van der Waals surface area contributed by atoms with Crippen molar-refractivity contribution in [2.24, 2.45) is 5.14 Å². The summed E-state index contributed by atoms with van der Waals surface area (Å²) in [7, 11) is -3.76. The van der Waals surface area contributed by atoms with Gasteiger partial charge in [-0.2, -0.15) is 0 Å². The largest absolute Gasteiger partial charge is 0.508 e. The van der Waals surface area contributed by atoms with Gasteiger partial charge in [-0.3, -0.25) is 4.79 Å². The Bertz CT molecular complexity index is 1280. The Morgan fingerprint density at radius 2 is 1.77 bits per heavy atom. The minimum absolute atomic E-state index is 0.000337. The van der Waals surface area contributed by atoms with E-state index in [9.17, 15) is 23.1 Å². The van der Waals surface area contributed by atoms with Crippen LogP contribution in [0, 0.1) is 13.8 Å². The van der Waals surface area contributed by atoms with E-state index in [0.717, 1.165) is 10.9 Å². The summed E-state index contributed by atoms with van der Waals surface area (Å²) >= 11 is 0. The molecule has 158 valence electrons. The third kappa shape index (κ3) is 4.52. The van der Waals surface area contributed by atoms with E-state index in [4.69, 9.17) is 9.56 Å². The number of carbonyl (C=O) groups is 1. The number of sulfonamides is 1. The van der Waals surface area contributed by atoms with Crippen LogP contribution in [0.2, 0.25) is 0 Å². The number of aryl methyl sites for hydroxylation is 2. The number of amides is 1. The zero-order valence-corrected chi connectivity index (χ0v) is 17.4. The topological polar surface area (TPSA) is 140 Å². The van der Waals surface area contributed by atoms with E-state index in [0.29, 0.717) is 22.3 Å². The van der Waals surface area contributed by atoms with E-state index in [1.807, 2.05) is 0 Å². The summed E-state index contributed by atoms with van der Waals surface area (Å²) in [6.45, 7) is 3.67. The van der Waals surface area contributed by atoms with Crippen LogP contribution in [-0.2, 0) is 27.8 Å². The fourth-order valence-electron chi connectivity index (χ4n) is 3.19. The summed E-state index contributed by atoms with van der Waals surface area (Å²) in [6, 6.07) is 9.12. The standard InChI is InChI=1S/C21H22N2O6S/c1-12-16-7-9-18(24)13(2)20(16)29-21(26)17(12)8-10-19(25)23-11-14-3-5-15(6-4-14)30(22,27)28/h3-7,9,24H,8,10-11H2,1-2H3,(H,23,25)(H2,22,27,28). The average Bonchev–Trinajstić information content (AvgIpc) is 2.69. The number of aromatic hydroxyl groups is 1. The van der Waals surface area contributed by atoms with Gasteiger partial charge in [0.25, 0.3) is 0 Å². The summed E-state index contributed by atoms with van der Waals surface area (Å²) in [5.74, 6) is -0.208. The van der Waals surface area contributed by atoms with E-state index >= 15 is 0 Å². The van der Waals surface area contributed by atoms with Crippen LogP contribution >= 0.6 is 0 Å². The molecule has 1 aromatic heterocycles. The number of primary sulfonamides is 1. The molecular formula is C21H22N2O6S. The summed E-state index contributed by atoms with van der Waals surface area (Å²) in [5, 5.41) is 18.3. The molecule has 2 aromatic carbocycles. The van der Waals surface area contributed by atoms with Crippen LogP contribution in [0.5, 0.6) is 5.75 Å². The van der Waals surface area contributed by atoms with Crippen molar-refractivity contribution < 1.29 is 22.7 Å². The molecule has 3 aromatic rings. The van der Waals surface area contributed by atoms with Gasteiger partial charge in [0.05, 0.1) is 4.90 Å². The van der Waals surface area contributed by atoms with Crippen molar-refractivity contribution in [3.05, 3.63) is 69.1 Å². The monoisotopic (exact) mass is 430 g/mol. The van der Waals surface area contributed by atoms with Crippen molar-refractivity contribution in [3.63, 3.8) is 0 Å². The number of carbonyl (C=O) groups excluding carboxylic acids is 1. The number of hydrogen-bond acceptors (Lipinski definition) is 6. The number of nitrogens with two attached hydrogens (primary N) is 1. The van der Waals surface area contributed by atoms with E-state index in [1.54, 1.807) is 38.1 Å². The Balaban J connectivity index is 1.67. The first-order valence-electron chi connectivity index (χ1n) is 9.21. The molecule has 8 nitrogen and oxygen atoms in total. The maximum absolute atomic E-state index is 12.4. The molecule has 0 saturated carbocycles. The van der Waals surface area contributed by atoms with Crippen LogP contribution in [-0.4, -0.2) is 19.4 Å². The summed E-state index contributed by atoms with van der Waals surface area (Å²) in [6.07, 6.45) is 0.295. The lowest BCUT2D eigenvalue weighted by atomic mass is 10.0. The lowest BCUT2D eigenvalue weighted by Gasteiger charge is -2.10. The lowest BCUT2D eigenvalue weighted by Crippen LogP contribution is -2.24. The van der Waals surface area contributed by atoms with E-state index in [-0.39, 0.29) is 35.9 Å². The van der Waals surface area contributed by atoms with E-state index in [1.165, 1.54) is 12.1 Å². The van der Waals surface area contributed by atoms with Crippen molar-refractivity contribution in [3.8, 4) is 5.75 Å². The highest BCUT2D eigenvalue weighted by Gasteiger charge is 2.15. The molecule has 0 unspecified atom stereocenters. The third-order valence-electron chi connectivity index (χ3n) is 5.02. The fraction of sp³-hybridized carbons (Fsp3) is 0.238. The molecule has 0 atom stereocenters. The molecule has 30 heavy (non-hydrogen) atoms. The molecule has 0 aliphatic rings. The highest BCUT2D eigenvalue weighted by molar-refractivity contribution is 7.89. The van der Waals surface area contributed by atoms with Crippen molar-refractivity contribution in [1.82, 2.24) is 5.32 Å². The SMILES string of the molecule is Cc1c(CCC(=O)NCc2ccc(S(N)(=O)=O)cc2)c(=O)oc2c(C)c(O)ccc12. The van der Waals surface area contributed by atoms with Gasteiger partial charge in [-0.1, -0.05) is 12.1 Å². The summed E-state index contributed by atoms with van der Waals surface area (Å²) in [5.41, 5.74) is 2.16. The first-order valence-corrected chi connectivity index (χ1v) is 10.8. The van der Waals surface area contributed by atoms with Crippen LogP contribution in [0.4, 0.5) is 0 Å². The van der Waals surface area contributed by atoms with Crippen LogP contribution in [0.3, 0.4) is 0 Å². The Morgan fingerprint density at radius 3 is 2.40 bits per heavy atom. The predicted molar refractivity (Wildman–Crippen MR) is 112 cm³/mol. The maximum Gasteiger partial charge on any atom is 0.339 e. The molecule has 1 heterocycles. The second-order valence-electron chi connectivity index (χ2n) is 7.05. The Hall–Kier alpha value is -3.17. The molecule has 0 saturated heterocycles. The van der Waals surface area contributed by atoms with E-state index in [2.05, 4.69) is 5.32 Å². The molecular weight excluding hydrogens is 408 g/mol. The number of phenols is 1.